The zero-order valence-corrected chi connectivity index (χ0v) is 8.86. The van der Waals surface area contributed by atoms with Gasteiger partial charge in [0, 0.05) is 0 Å². The molecule has 0 atom stereocenters. The number of hydrogen-bond donors (Lipinski definition) is 1. The molecule has 1 aromatic carbocycles. The SMILES string of the molecule is C=Cc1ccccc1C(=O)O.[Ca+2].[H-].[H-]. The van der Waals surface area contributed by atoms with E-state index in [1.165, 1.54) is 6.08 Å². The molecule has 0 radical (unpaired) electrons. The maximum Gasteiger partial charge on any atom is 2.00 e. The van der Waals surface area contributed by atoms with Gasteiger partial charge in [0.05, 0.1) is 5.56 Å². The summed E-state index contributed by atoms with van der Waals surface area (Å²) in [6.07, 6.45) is 1.53. The van der Waals surface area contributed by atoms with E-state index >= 15 is 0 Å². The van der Waals surface area contributed by atoms with Crippen LogP contribution in [0.25, 0.3) is 6.08 Å². The summed E-state index contributed by atoms with van der Waals surface area (Å²) in [4.78, 5) is 10.5. The van der Waals surface area contributed by atoms with Gasteiger partial charge in [-0.3, -0.25) is 0 Å². The summed E-state index contributed by atoms with van der Waals surface area (Å²) >= 11 is 0. The molecule has 60 valence electrons. The fourth-order valence-corrected chi connectivity index (χ4v) is 0.870. The summed E-state index contributed by atoms with van der Waals surface area (Å²) in [5.41, 5.74) is 0.947. The molecule has 0 amide bonds. The summed E-state index contributed by atoms with van der Waals surface area (Å²) < 4.78 is 0. The van der Waals surface area contributed by atoms with Crippen LogP contribution < -0.4 is 0 Å². The van der Waals surface area contributed by atoms with Gasteiger partial charge in [-0.2, -0.15) is 0 Å². The smallest absolute Gasteiger partial charge is 1.00 e. The molecule has 0 saturated heterocycles. The Hall–Kier alpha value is -0.310. The minimum absolute atomic E-state index is 0. The Morgan fingerprint density at radius 2 is 2.08 bits per heavy atom. The topological polar surface area (TPSA) is 37.3 Å². The number of benzene rings is 1. The molecule has 0 heterocycles. The summed E-state index contributed by atoms with van der Waals surface area (Å²) in [5, 5.41) is 8.65. The van der Waals surface area contributed by atoms with Crippen molar-refractivity contribution in [3.8, 4) is 0 Å². The van der Waals surface area contributed by atoms with Crippen molar-refractivity contribution in [3.05, 3.63) is 42.0 Å². The monoisotopic (exact) mass is 190 g/mol. The first-order valence-corrected chi connectivity index (χ1v) is 3.20. The van der Waals surface area contributed by atoms with E-state index in [0.717, 1.165) is 0 Å². The molecule has 2 nitrogen and oxygen atoms in total. The Balaban J connectivity index is -0.000000403. The predicted octanol–water partition coefficient (Wildman–Crippen LogP) is 1.87. The first-order valence-electron chi connectivity index (χ1n) is 3.20. The molecule has 0 aliphatic rings. The third kappa shape index (κ3) is 2.63. The van der Waals surface area contributed by atoms with E-state index in [1.54, 1.807) is 24.3 Å². The van der Waals surface area contributed by atoms with Crippen LogP contribution in [-0.2, 0) is 0 Å². The van der Waals surface area contributed by atoms with Crippen LogP contribution in [0.5, 0.6) is 0 Å². The zero-order valence-electron chi connectivity index (χ0n) is 8.66. The fourth-order valence-electron chi connectivity index (χ4n) is 0.870. The van der Waals surface area contributed by atoms with Crippen molar-refractivity contribution in [2.24, 2.45) is 0 Å². The van der Waals surface area contributed by atoms with Gasteiger partial charge in [-0.15, -0.1) is 0 Å². The first-order chi connectivity index (χ1) is 5.25. The predicted molar refractivity (Wildman–Crippen MR) is 51.5 cm³/mol. The molecule has 1 N–H and O–H groups in total. The maximum absolute atomic E-state index is 10.5. The van der Waals surface area contributed by atoms with E-state index in [1.807, 2.05) is 0 Å². The molecule has 1 aromatic rings. The first kappa shape index (κ1) is 11.7. The van der Waals surface area contributed by atoms with E-state index in [-0.39, 0.29) is 40.6 Å². The maximum atomic E-state index is 10.5. The van der Waals surface area contributed by atoms with Crippen LogP contribution in [0.2, 0.25) is 0 Å². The van der Waals surface area contributed by atoms with Crippen LogP contribution in [0.1, 0.15) is 18.8 Å². The minimum Gasteiger partial charge on any atom is -1.00 e. The van der Waals surface area contributed by atoms with Crippen LogP contribution >= 0.6 is 0 Å². The van der Waals surface area contributed by atoms with Crippen molar-refractivity contribution in [2.75, 3.05) is 0 Å². The van der Waals surface area contributed by atoms with Crippen molar-refractivity contribution in [1.82, 2.24) is 0 Å². The van der Waals surface area contributed by atoms with E-state index in [9.17, 15) is 4.79 Å². The second-order valence-corrected chi connectivity index (χ2v) is 2.10. The molecular formula is C9H10CaO2. The normalized spacial score (nSPS) is 8.33. The van der Waals surface area contributed by atoms with Gasteiger partial charge in [-0.05, 0) is 11.6 Å². The molecule has 0 fully saturated rings. The minimum atomic E-state index is -0.916. The van der Waals surface area contributed by atoms with Crippen LogP contribution in [-0.4, -0.2) is 48.8 Å². The molecule has 0 unspecified atom stereocenters. The van der Waals surface area contributed by atoms with Gasteiger partial charge in [0.1, 0.15) is 0 Å². The number of carboxylic acid groups (broad SMARTS) is 1. The number of carboxylic acids is 1. The zero-order chi connectivity index (χ0) is 8.27. The Morgan fingerprint density at radius 3 is 2.50 bits per heavy atom. The Bertz CT molecular complexity index is 303. The van der Waals surface area contributed by atoms with Gasteiger partial charge >= 0.3 is 43.7 Å². The number of carbonyl (C=O) groups is 1. The van der Waals surface area contributed by atoms with Crippen LogP contribution in [0.3, 0.4) is 0 Å². The van der Waals surface area contributed by atoms with Gasteiger partial charge < -0.3 is 7.96 Å². The van der Waals surface area contributed by atoms with E-state index in [2.05, 4.69) is 6.58 Å². The molecule has 0 spiro atoms. The van der Waals surface area contributed by atoms with Gasteiger partial charge in [0.25, 0.3) is 0 Å². The van der Waals surface area contributed by atoms with Crippen LogP contribution in [0.15, 0.2) is 30.8 Å². The van der Waals surface area contributed by atoms with Crippen LogP contribution in [0.4, 0.5) is 0 Å². The van der Waals surface area contributed by atoms with Gasteiger partial charge in [-0.1, -0.05) is 30.9 Å². The second kappa shape index (κ2) is 5.36. The average molecular weight is 190 g/mol. The summed E-state index contributed by atoms with van der Waals surface area (Å²) in [6.45, 7) is 3.51. The quantitative estimate of drug-likeness (QED) is 0.723. The second-order valence-electron chi connectivity index (χ2n) is 2.10. The molecule has 3 heteroatoms. The summed E-state index contributed by atoms with van der Waals surface area (Å²) in [7, 11) is 0. The van der Waals surface area contributed by atoms with E-state index in [4.69, 9.17) is 5.11 Å². The number of aromatic carboxylic acids is 1. The van der Waals surface area contributed by atoms with E-state index in [0.29, 0.717) is 11.1 Å². The van der Waals surface area contributed by atoms with Crippen LogP contribution in [0, 0.1) is 0 Å². The fraction of sp³-hybridized carbons (Fsp3) is 0. The Labute approximate surface area is 104 Å². The van der Waals surface area contributed by atoms with Gasteiger partial charge in [0.2, 0.25) is 0 Å². The van der Waals surface area contributed by atoms with Gasteiger partial charge in [0.15, 0.2) is 0 Å². The molecular weight excluding hydrogens is 180 g/mol. The molecule has 0 aliphatic heterocycles. The average Bonchev–Trinajstić information content (AvgIpc) is 2.04. The summed E-state index contributed by atoms with van der Waals surface area (Å²) in [6, 6.07) is 6.75. The molecule has 12 heavy (non-hydrogen) atoms. The van der Waals surface area contributed by atoms with Crippen molar-refractivity contribution >= 4 is 49.8 Å². The molecule has 1 rings (SSSR count). The Kier molecular flexibility index (Phi) is 5.22. The third-order valence-corrected chi connectivity index (χ3v) is 1.41. The van der Waals surface area contributed by atoms with Crippen molar-refractivity contribution in [3.63, 3.8) is 0 Å². The largest absolute Gasteiger partial charge is 2.00 e. The number of hydrogen-bond acceptors (Lipinski definition) is 1. The van der Waals surface area contributed by atoms with Crippen molar-refractivity contribution in [1.29, 1.82) is 0 Å². The standard InChI is InChI=1S/C9H8O2.Ca.2H/c1-2-7-5-3-4-6-8(7)9(10)11;;;/h2-6H,1H2,(H,10,11);;;/q;+2;2*-1. The molecule has 0 aromatic heterocycles. The van der Waals surface area contributed by atoms with Gasteiger partial charge in [-0.25, -0.2) is 4.79 Å². The summed E-state index contributed by atoms with van der Waals surface area (Å²) in [5.74, 6) is -0.916. The molecule has 0 saturated carbocycles. The van der Waals surface area contributed by atoms with Crippen molar-refractivity contribution < 1.29 is 12.8 Å². The molecule has 0 aliphatic carbocycles. The van der Waals surface area contributed by atoms with Crippen molar-refractivity contribution in [2.45, 2.75) is 0 Å². The number of rotatable bonds is 2. The Morgan fingerprint density at radius 1 is 1.50 bits per heavy atom. The third-order valence-electron chi connectivity index (χ3n) is 1.41. The van der Waals surface area contributed by atoms with E-state index < -0.39 is 5.97 Å². The molecule has 0 bridgehead atoms.